The van der Waals surface area contributed by atoms with Crippen molar-refractivity contribution in [2.75, 3.05) is 7.05 Å². The molecule has 436 valence electrons. The van der Waals surface area contributed by atoms with Crippen molar-refractivity contribution >= 4 is 41.4 Å². The van der Waals surface area contributed by atoms with Crippen molar-refractivity contribution in [1.29, 1.82) is 0 Å². The van der Waals surface area contributed by atoms with Crippen LogP contribution in [0.4, 0.5) is 0 Å². The lowest BCUT2D eigenvalue weighted by atomic mass is 9.92. The summed E-state index contributed by atoms with van der Waals surface area (Å²) < 4.78 is 37.9. The van der Waals surface area contributed by atoms with Gasteiger partial charge in [-0.15, -0.1) is 0 Å². The van der Waals surface area contributed by atoms with Crippen molar-refractivity contribution in [2.45, 2.75) is 112 Å². The van der Waals surface area contributed by atoms with Gasteiger partial charge >= 0.3 is 11.9 Å². The Hall–Kier alpha value is -8.15. The number of benzene rings is 6. The number of rotatable bonds is 30. The van der Waals surface area contributed by atoms with E-state index in [2.05, 4.69) is 51.6 Å². The quantitative estimate of drug-likeness (QED) is 0.0311. The van der Waals surface area contributed by atoms with E-state index in [0.29, 0.717) is 44.2 Å². The molecule has 0 amide bonds. The number of halogens is 2. The second-order valence-electron chi connectivity index (χ2n) is 20.4. The number of hydrogen-bond acceptors (Lipinski definition) is 13. The van der Waals surface area contributed by atoms with Gasteiger partial charge in [0.25, 0.3) is 0 Å². The third kappa shape index (κ3) is 17.2. The first kappa shape index (κ1) is 61.9. The largest absolute Gasteiger partial charge is 0.488 e. The van der Waals surface area contributed by atoms with E-state index in [-0.39, 0.29) is 52.7 Å². The molecular weight excluding hydrogens is 1110 g/mol. The Morgan fingerprint density at radius 2 is 0.952 bits per heavy atom. The Bertz CT molecular complexity index is 3530. The molecule has 4 N–H and O–H groups in total. The lowest BCUT2D eigenvalue weighted by Gasteiger charge is -2.23. The number of aryl methyl sites for hydroxylation is 1. The Labute approximate surface area is 500 Å². The van der Waals surface area contributed by atoms with Crippen LogP contribution >= 0.6 is 23.2 Å². The maximum Gasteiger partial charge on any atom is 0.323 e. The molecule has 2 aromatic heterocycles. The zero-order chi connectivity index (χ0) is 59.5. The monoisotopic (exact) mass is 1170 g/mol. The molecule has 0 fully saturated rings. The van der Waals surface area contributed by atoms with Gasteiger partial charge in [0.05, 0.1) is 35.5 Å². The van der Waals surface area contributed by atoms with Crippen LogP contribution in [0, 0.1) is 20.8 Å². The predicted octanol–water partition coefficient (Wildman–Crippen LogP) is 13.0. The van der Waals surface area contributed by atoms with Gasteiger partial charge in [0.1, 0.15) is 61.5 Å². The maximum absolute atomic E-state index is 12.6. The minimum atomic E-state index is -1.06. The smallest absolute Gasteiger partial charge is 0.323 e. The topological polar surface area (TPSA) is 192 Å². The van der Waals surface area contributed by atoms with Crippen LogP contribution in [0.1, 0.15) is 80.6 Å². The van der Waals surface area contributed by atoms with Crippen LogP contribution in [0.3, 0.4) is 0 Å². The molecule has 0 unspecified atom stereocenters. The number of carbonyl (C=O) groups is 2. The molecule has 0 aliphatic heterocycles. The molecule has 84 heavy (non-hydrogen) atoms. The molecule has 17 heteroatoms. The lowest BCUT2D eigenvalue weighted by molar-refractivity contribution is -0.145. The van der Waals surface area contributed by atoms with Crippen molar-refractivity contribution in [3.63, 3.8) is 0 Å². The zero-order valence-corrected chi connectivity index (χ0v) is 49.3. The first-order chi connectivity index (χ1) is 40.6. The lowest BCUT2D eigenvalue weighted by Crippen LogP contribution is -2.45. The van der Waals surface area contributed by atoms with Gasteiger partial charge in [-0.1, -0.05) is 120 Å². The number of carboxylic acid groups (broad SMARTS) is 2. The fraction of sp³-hybridized carbons (Fsp3) is 0.269. The van der Waals surface area contributed by atoms with Gasteiger partial charge in [0.2, 0.25) is 0 Å². The van der Waals surface area contributed by atoms with Crippen molar-refractivity contribution in [3.8, 4) is 34.1 Å². The summed E-state index contributed by atoms with van der Waals surface area (Å²) in [6.07, 6.45) is 7.30. The van der Waals surface area contributed by atoms with Crippen molar-refractivity contribution in [1.82, 2.24) is 20.6 Å². The molecular formula is C67H69Cl2N5O10. The van der Waals surface area contributed by atoms with Crippen molar-refractivity contribution in [2.24, 2.45) is 4.99 Å². The molecule has 0 radical (unpaired) electrons. The Kier molecular flexibility index (Phi) is 22.4. The summed E-state index contributed by atoms with van der Waals surface area (Å²) in [6, 6.07) is 40.1. The molecule has 0 spiro atoms. The van der Waals surface area contributed by atoms with E-state index < -0.39 is 36.2 Å². The van der Waals surface area contributed by atoms with E-state index in [4.69, 9.17) is 51.6 Å². The molecule has 0 bridgehead atoms. The van der Waals surface area contributed by atoms with Gasteiger partial charge in [-0.3, -0.25) is 35.2 Å². The van der Waals surface area contributed by atoms with Gasteiger partial charge in [0.15, 0.2) is 0 Å². The zero-order valence-electron chi connectivity index (χ0n) is 47.8. The fourth-order valence-corrected chi connectivity index (χ4v) is 9.94. The van der Waals surface area contributed by atoms with Gasteiger partial charge in [-0.2, -0.15) is 0 Å². The summed E-state index contributed by atoms with van der Waals surface area (Å²) in [5.41, 5.74) is 12.4. The fourth-order valence-electron chi connectivity index (χ4n) is 9.46. The average Bonchev–Trinajstić information content (AvgIpc) is 3.42. The molecule has 0 saturated heterocycles. The number of aliphatic imine (C=N–C) groups is 1. The molecule has 2 heterocycles. The minimum absolute atomic E-state index is 0.0960. The maximum atomic E-state index is 12.6. The molecule has 8 aromatic rings. The molecule has 0 aliphatic carbocycles. The molecule has 4 atom stereocenters. The van der Waals surface area contributed by atoms with Gasteiger partial charge in [-0.25, -0.2) is 0 Å². The minimum Gasteiger partial charge on any atom is -0.488 e. The van der Waals surface area contributed by atoms with Crippen molar-refractivity contribution in [3.05, 3.63) is 235 Å². The summed E-state index contributed by atoms with van der Waals surface area (Å²) in [5, 5.41) is 27.5. The summed E-state index contributed by atoms with van der Waals surface area (Å²) in [5.74, 6) is -0.446. The second kappa shape index (κ2) is 30.4. The normalized spacial score (nSPS) is 12.8. The van der Waals surface area contributed by atoms with E-state index in [1.54, 1.807) is 76.2 Å². The molecule has 15 nitrogen and oxygen atoms in total. The molecule has 8 rings (SSSR count). The number of hydrogen-bond donors (Lipinski definition) is 4. The highest BCUT2D eigenvalue weighted by atomic mass is 35.5. The number of pyridine rings is 2. The summed E-state index contributed by atoms with van der Waals surface area (Å²) in [4.78, 5) is 37.9. The van der Waals surface area contributed by atoms with Crippen LogP contribution < -0.4 is 29.6 Å². The number of aliphatic carboxylic acids is 2. The first-order valence-corrected chi connectivity index (χ1v) is 28.2. The molecule has 0 aliphatic rings. The summed E-state index contributed by atoms with van der Waals surface area (Å²) >= 11 is 14.0. The summed E-state index contributed by atoms with van der Waals surface area (Å²) in [6.45, 7) is 11.0. The van der Waals surface area contributed by atoms with Crippen LogP contribution in [0.2, 0.25) is 10.0 Å². The van der Waals surface area contributed by atoms with Crippen LogP contribution in [0.15, 0.2) is 163 Å². The second-order valence-corrected chi connectivity index (χ2v) is 21.2. The highest BCUT2D eigenvalue weighted by Gasteiger charge is 2.28. The van der Waals surface area contributed by atoms with Gasteiger partial charge in [0, 0.05) is 91.1 Å². The average molecular weight is 1180 g/mol. The standard InChI is InChI=1S/C67H69Cl2N5O10/c1-42-23-50(32-71-29-42)38-81-60-27-62(58(68)25-54(60)34-73-64(66(75)76)45(4)79-36-47-15-9-7-10-16-47)83-40-52-19-13-21-56(43(52)2)57-22-14-20-53(44(57)3)41-84-63-28-61(82-39-51-24-49(30-70-6)31-72-33-51)55(26-59(63)69)35-74-65(67(77)78)46(5)80-37-48-17-11-8-12-18-48/h7-33,45-46,64-65,73-74H,34-41H2,1-6H3,(H,75,76)(H,77,78)/b70-30+/t45-,46-,64+,65+/m0/s1. The van der Waals surface area contributed by atoms with Crippen LogP contribution in [-0.2, 0) is 71.8 Å². The Balaban J connectivity index is 0.979. The number of aromatic nitrogens is 2. The van der Waals surface area contributed by atoms with Crippen LogP contribution in [0.25, 0.3) is 11.1 Å². The molecule has 6 aromatic carbocycles. The SMILES string of the molecule is C/N=C/c1cncc(COc2cc(OCc3cccc(-c4cccc(COc5cc(OCc6cncc(C)c6)c(CN[C@@H](C(=O)O)[C@H](C)OCc6ccccc6)cc5Cl)c4C)c3C)c(Cl)cc2CN[C@@H](C(=O)O)[C@H](C)OCc2ccccc2)c1. The first-order valence-electron chi connectivity index (χ1n) is 27.5. The van der Waals surface area contributed by atoms with Gasteiger partial charge < -0.3 is 38.6 Å². The van der Waals surface area contributed by atoms with Crippen molar-refractivity contribution < 1.29 is 48.2 Å². The third-order valence-electron chi connectivity index (χ3n) is 14.2. The van der Waals surface area contributed by atoms with E-state index in [1.165, 1.54) is 0 Å². The predicted molar refractivity (Wildman–Crippen MR) is 326 cm³/mol. The Morgan fingerprint density at radius 1 is 0.512 bits per heavy atom. The third-order valence-corrected chi connectivity index (χ3v) is 14.8. The number of carboxylic acids is 2. The van der Waals surface area contributed by atoms with Crippen LogP contribution in [-0.4, -0.2) is 69.7 Å². The van der Waals surface area contributed by atoms with E-state index in [0.717, 1.165) is 66.8 Å². The highest BCUT2D eigenvalue weighted by molar-refractivity contribution is 6.32. The number of nitrogens with one attached hydrogen (secondary N) is 2. The number of ether oxygens (including phenoxy) is 6. The molecule has 0 saturated carbocycles. The van der Waals surface area contributed by atoms with E-state index in [9.17, 15) is 19.8 Å². The Morgan fingerprint density at radius 3 is 1.39 bits per heavy atom. The summed E-state index contributed by atoms with van der Waals surface area (Å²) in [7, 11) is 1.69. The highest BCUT2D eigenvalue weighted by Crippen LogP contribution is 2.38. The van der Waals surface area contributed by atoms with E-state index in [1.807, 2.05) is 104 Å². The van der Waals surface area contributed by atoms with Crippen LogP contribution in [0.5, 0.6) is 23.0 Å². The van der Waals surface area contributed by atoms with Gasteiger partial charge in [-0.05, 0) is 109 Å². The van der Waals surface area contributed by atoms with E-state index >= 15 is 0 Å². The number of nitrogens with zero attached hydrogens (tertiary/aromatic N) is 3.